The molecule has 0 heterocycles. The van der Waals surface area contributed by atoms with Crippen LogP contribution in [0.2, 0.25) is 0 Å². The third-order valence-electron chi connectivity index (χ3n) is 1.62. The Morgan fingerprint density at radius 3 is 2.36 bits per heavy atom. The van der Waals surface area contributed by atoms with E-state index in [1.165, 1.54) is 0 Å². The fourth-order valence-corrected chi connectivity index (χ4v) is 0.901. The summed E-state index contributed by atoms with van der Waals surface area (Å²) in [5.41, 5.74) is 0. The van der Waals surface area contributed by atoms with E-state index in [0.29, 0.717) is 6.42 Å². The van der Waals surface area contributed by atoms with E-state index in [9.17, 15) is 14.0 Å². The molecule has 0 saturated carbocycles. The SMILES string of the molecule is CCCCC(=O)C(F)C(=O)OC(C)C. The van der Waals surface area contributed by atoms with Crippen molar-refractivity contribution >= 4 is 11.8 Å². The lowest BCUT2D eigenvalue weighted by molar-refractivity contribution is -0.156. The van der Waals surface area contributed by atoms with Crippen molar-refractivity contribution in [3.8, 4) is 0 Å². The van der Waals surface area contributed by atoms with E-state index < -0.39 is 17.9 Å². The van der Waals surface area contributed by atoms with Gasteiger partial charge in [0.05, 0.1) is 6.10 Å². The summed E-state index contributed by atoms with van der Waals surface area (Å²) in [7, 11) is 0. The van der Waals surface area contributed by atoms with Gasteiger partial charge in [-0.05, 0) is 20.3 Å². The van der Waals surface area contributed by atoms with Crippen LogP contribution < -0.4 is 0 Å². The van der Waals surface area contributed by atoms with E-state index in [0.717, 1.165) is 6.42 Å². The Morgan fingerprint density at radius 2 is 1.93 bits per heavy atom. The number of hydrogen-bond acceptors (Lipinski definition) is 3. The molecule has 14 heavy (non-hydrogen) atoms. The maximum atomic E-state index is 13.0. The number of carbonyl (C=O) groups is 2. The van der Waals surface area contributed by atoms with E-state index in [1.54, 1.807) is 13.8 Å². The van der Waals surface area contributed by atoms with Gasteiger partial charge in [0.15, 0.2) is 5.78 Å². The summed E-state index contributed by atoms with van der Waals surface area (Å²) in [5.74, 6) is -1.75. The highest BCUT2D eigenvalue weighted by atomic mass is 19.1. The predicted octanol–water partition coefficient (Wildman–Crippen LogP) is 2.04. The van der Waals surface area contributed by atoms with Crippen LogP contribution in [0.5, 0.6) is 0 Å². The summed E-state index contributed by atoms with van der Waals surface area (Å²) in [6.07, 6.45) is -0.986. The number of unbranched alkanes of at least 4 members (excludes halogenated alkanes) is 1. The lowest BCUT2D eigenvalue weighted by Crippen LogP contribution is -2.29. The molecular weight excluding hydrogens is 187 g/mol. The molecule has 0 N–H and O–H groups in total. The number of ketones is 1. The van der Waals surface area contributed by atoms with E-state index in [4.69, 9.17) is 0 Å². The lowest BCUT2D eigenvalue weighted by atomic mass is 10.1. The molecule has 0 aliphatic heterocycles. The molecule has 0 bridgehead atoms. The minimum atomic E-state index is -2.11. The smallest absolute Gasteiger partial charge is 0.348 e. The van der Waals surface area contributed by atoms with Gasteiger partial charge in [0.25, 0.3) is 6.17 Å². The Labute approximate surface area is 83.6 Å². The largest absolute Gasteiger partial charge is 0.460 e. The predicted molar refractivity (Wildman–Crippen MR) is 50.7 cm³/mol. The van der Waals surface area contributed by atoms with Gasteiger partial charge in [0.1, 0.15) is 0 Å². The molecule has 0 amide bonds. The fraction of sp³-hybridized carbons (Fsp3) is 0.800. The lowest BCUT2D eigenvalue weighted by Gasteiger charge is -2.10. The first-order valence-corrected chi connectivity index (χ1v) is 4.86. The molecule has 1 unspecified atom stereocenters. The molecule has 0 fully saturated rings. The first-order valence-electron chi connectivity index (χ1n) is 4.86. The van der Waals surface area contributed by atoms with Gasteiger partial charge in [0, 0.05) is 6.42 Å². The van der Waals surface area contributed by atoms with Crippen LogP contribution in [0.1, 0.15) is 40.0 Å². The van der Waals surface area contributed by atoms with Gasteiger partial charge in [-0.1, -0.05) is 13.3 Å². The number of rotatable bonds is 6. The highest BCUT2D eigenvalue weighted by molar-refractivity contribution is 6.01. The summed E-state index contributed by atoms with van der Waals surface area (Å²) in [4.78, 5) is 22.0. The number of ether oxygens (including phenoxy) is 1. The molecule has 0 aromatic rings. The Hall–Kier alpha value is -0.930. The van der Waals surface area contributed by atoms with Gasteiger partial charge >= 0.3 is 5.97 Å². The minimum Gasteiger partial charge on any atom is -0.460 e. The molecule has 4 heteroatoms. The molecule has 0 saturated heterocycles. The Balaban J connectivity index is 3.97. The van der Waals surface area contributed by atoms with Crippen molar-refractivity contribution in [3.05, 3.63) is 0 Å². The van der Waals surface area contributed by atoms with Gasteiger partial charge in [-0.15, -0.1) is 0 Å². The molecule has 82 valence electrons. The molecule has 0 aromatic carbocycles. The van der Waals surface area contributed by atoms with Crippen molar-refractivity contribution in [2.45, 2.75) is 52.3 Å². The van der Waals surface area contributed by atoms with Crippen LogP contribution in [0.3, 0.4) is 0 Å². The second-order valence-electron chi connectivity index (χ2n) is 3.42. The summed E-state index contributed by atoms with van der Waals surface area (Å²) in [6.45, 7) is 5.12. The number of hydrogen-bond donors (Lipinski definition) is 0. The van der Waals surface area contributed by atoms with Crippen LogP contribution in [-0.2, 0) is 14.3 Å². The van der Waals surface area contributed by atoms with Crippen molar-refractivity contribution in [3.63, 3.8) is 0 Å². The summed E-state index contributed by atoms with van der Waals surface area (Å²) in [5, 5.41) is 0. The fourth-order valence-electron chi connectivity index (χ4n) is 0.901. The van der Waals surface area contributed by atoms with Crippen molar-refractivity contribution in [2.75, 3.05) is 0 Å². The number of alkyl halides is 1. The monoisotopic (exact) mass is 204 g/mol. The molecular formula is C10H17FO3. The zero-order valence-corrected chi connectivity index (χ0v) is 8.88. The summed E-state index contributed by atoms with van der Waals surface area (Å²) in [6, 6.07) is 0. The molecule has 0 spiro atoms. The minimum absolute atomic E-state index is 0.102. The van der Waals surface area contributed by atoms with Crippen LogP contribution in [0, 0.1) is 0 Å². The summed E-state index contributed by atoms with van der Waals surface area (Å²) >= 11 is 0. The van der Waals surface area contributed by atoms with Crippen molar-refractivity contribution < 1.29 is 18.7 Å². The molecule has 0 aromatic heterocycles. The van der Waals surface area contributed by atoms with Crippen LogP contribution >= 0.6 is 0 Å². The Bertz CT molecular complexity index is 202. The van der Waals surface area contributed by atoms with Gasteiger partial charge in [0.2, 0.25) is 0 Å². The van der Waals surface area contributed by atoms with E-state index in [-0.39, 0.29) is 12.5 Å². The van der Waals surface area contributed by atoms with E-state index in [2.05, 4.69) is 4.74 Å². The number of Topliss-reactive ketones (excluding diaryl/α,β-unsaturated/α-hetero) is 1. The van der Waals surface area contributed by atoms with Crippen LogP contribution in [0.25, 0.3) is 0 Å². The van der Waals surface area contributed by atoms with Gasteiger partial charge in [-0.3, -0.25) is 4.79 Å². The number of carbonyl (C=O) groups excluding carboxylic acids is 2. The van der Waals surface area contributed by atoms with Gasteiger partial charge < -0.3 is 4.74 Å². The van der Waals surface area contributed by atoms with Crippen molar-refractivity contribution in [1.29, 1.82) is 0 Å². The average molecular weight is 204 g/mol. The maximum Gasteiger partial charge on any atom is 0.348 e. The van der Waals surface area contributed by atoms with Gasteiger partial charge in [-0.25, -0.2) is 9.18 Å². The first kappa shape index (κ1) is 13.1. The zero-order valence-electron chi connectivity index (χ0n) is 8.88. The zero-order chi connectivity index (χ0) is 11.1. The summed E-state index contributed by atoms with van der Waals surface area (Å²) < 4.78 is 17.6. The standard InChI is InChI=1S/C10H17FO3/c1-4-5-6-8(12)9(11)10(13)14-7(2)3/h7,9H,4-6H2,1-3H3. The van der Waals surface area contributed by atoms with E-state index >= 15 is 0 Å². The van der Waals surface area contributed by atoms with Crippen molar-refractivity contribution in [1.82, 2.24) is 0 Å². The van der Waals surface area contributed by atoms with Crippen LogP contribution in [0.4, 0.5) is 4.39 Å². The topological polar surface area (TPSA) is 43.4 Å². The molecule has 0 radical (unpaired) electrons. The first-order chi connectivity index (χ1) is 6.49. The molecule has 1 atom stereocenters. The highest BCUT2D eigenvalue weighted by Crippen LogP contribution is 2.05. The Morgan fingerprint density at radius 1 is 1.36 bits per heavy atom. The maximum absolute atomic E-state index is 13.0. The molecule has 0 aliphatic carbocycles. The molecule has 3 nitrogen and oxygen atoms in total. The quantitative estimate of drug-likeness (QED) is 0.491. The number of esters is 1. The number of halogens is 1. The third kappa shape index (κ3) is 4.94. The molecule has 0 aliphatic rings. The Kier molecular flexibility index (Phi) is 6.08. The third-order valence-corrected chi connectivity index (χ3v) is 1.62. The van der Waals surface area contributed by atoms with Crippen molar-refractivity contribution in [2.24, 2.45) is 0 Å². The van der Waals surface area contributed by atoms with Crippen LogP contribution in [0.15, 0.2) is 0 Å². The normalized spacial score (nSPS) is 12.6. The second kappa shape index (κ2) is 6.51. The van der Waals surface area contributed by atoms with Gasteiger partial charge in [-0.2, -0.15) is 0 Å². The van der Waals surface area contributed by atoms with Crippen LogP contribution in [-0.4, -0.2) is 24.0 Å². The average Bonchev–Trinajstić information content (AvgIpc) is 2.11. The molecule has 0 rings (SSSR count). The second-order valence-corrected chi connectivity index (χ2v) is 3.42. The highest BCUT2D eigenvalue weighted by Gasteiger charge is 2.27. The van der Waals surface area contributed by atoms with E-state index in [1.807, 2.05) is 6.92 Å².